The Labute approximate surface area is 133 Å². The number of hydrogen-bond acceptors (Lipinski definition) is 3. The highest BCUT2D eigenvalue weighted by Crippen LogP contribution is 2.65. The fraction of sp³-hybridized carbons (Fsp3) is 0.105. The van der Waals surface area contributed by atoms with Gasteiger partial charge in [-0.15, -0.1) is 11.8 Å². The van der Waals surface area contributed by atoms with Crippen molar-refractivity contribution in [1.82, 2.24) is 0 Å². The van der Waals surface area contributed by atoms with Crippen LogP contribution in [-0.4, -0.2) is 11.3 Å². The smallest absolute Gasteiger partial charge is 0.211 e. The van der Waals surface area contributed by atoms with Crippen LogP contribution in [0.3, 0.4) is 0 Å². The molecule has 1 heterocycles. The molecule has 2 aliphatic rings. The highest BCUT2D eigenvalue weighted by Gasteiger charge is 2.55. The van der Waals surface area contributed by atoms with Gasteiger partial charge in [0, 0.05) is 10.8 Å². The van der Waals surface area contributed by atoms with E-state index < -0.39 is 0 Å². The van der Waals surface area contributed by atoms with Crippen LogP contribution in [0.2, 0.25) is 0 Å². The van der Waals surface area contributed by atoms with Gasteiger partial charge in [-0.1, -0.05) is 66.8 Å². The first-order valence-electron chi connectivity index (χ1n) is 7.16. The van der Waals surface area contributed by atoms with E-state index in [0.717, 1.165) is 11.1 Å². The number of carbonyl (C=O) groups excluding carboxylic acids is 1. The largest absolute Gasteiger partial charge is 0.240 e. The number of thioether (sulfide) groups is 1. The van der Waals surface area contributed by atoms with Crippen LogP contribution in [0.4, 0.5) is 5.69 Å². The molecule has 2 aromatic carbocycles. The van der Waals surface area contributed by atoms with Crippen LogP contribution in [0.15, 0.2) is 77.8 Å². The lowest BCUT2D eigenvalue weighted by Gasteiger charge is -2.18. The topological polar surface area (TPSA) is 29.4 Å². The Balaban J connectivity index is 1.90. The van der Waals surface area contributed by atoms with Gasteiger partial charge in [-0.25, -0.2) is 4.79 Å². The minimum atomic E-state index is 0.0311. The maximum absolute atomic E-state index is 10.7. The van der Waals surface area contributed by atoms with Crippen molar-refractivity contribution in [3.05, 3.63) is 78.4 Å². The molecule has 0 N–H and O–H groups in total. The van der Waals surface area contributed by atoms with Gasteiger partial charge >= 0.3 is 0 Å². The van der Waals surface area contributed by atoms with E-state index in [2.05, 4.69) is 47.5 Å². The SMILES string of the molecule is O=C=Nc1ccccc1-c1ccccc1C12C=CC=CC1S2. The second kappa shape index (κ2) is 5.13. The van der Waals surface area contributed by atoms with Crippen LogP contribution in [0.1, 0.15) is 5.56 Å². The van der Waals surface area contributed by atoms with Crippen molar-refractivity contribution in [2.45, 2.75) is 10.00 Å². The first-order chi connectivity index (χ1) is 10.8. The van der Waals surface area contributed by atoms with Crippen LogP contribution < -0.4 is 0 Å². The van der Waals surface area contributed by atoms with Crippen LogP contribution in [0, 0.1) is 0 Å². The monoisotopic (exact) mass is 303 g/mol. The molecule has 0 spiro atoms. The Kier molecular flexibility index (Phi) is 3.11. The van der Waals surface area contributed by atoms with Gasteiger partial charge in [0.15, 0.2) is 0 Å². The molecule has 2 unspecified atom stereocenters. The Bertz CT molecular complexity index is 848. The first-order valence-corrected chi connectivity index (χ1v) is 8.04. The first kappa shape index (κ1) is 13.3. The lowest BCUT2D eigenvalue weighted by Crippen LogP contribution is -2.11. The number of benzene rings is 2. The van der Waals surface area contributed by atoms with Crippen molar-refractivity contribution in [2.75, 3.05) is 0 Å². The predicted octanol–water partition coefficient (Wildman–Crippen LogP) is 4.76. The second-order valence-electron chi connectivity index (χ2n) is 5.34. The number of fused-ring (bicyclic) bond motifs is 1. The molecule has 0 aromatic heterocycles. The van der Waals surface area contributed by atoms with Gasteiger partial charge in [0.1, 0.15) is 0 Å². The van der Waals surface area contributed by atoms with E-state index in [0.29, 0.717) is 10.9 Å². The summed E-state index contributed by atoms with van der Waals surface area (Å²) in [5, 5.41) is 0.500. The molecule has 4 rings (SSSR count). The number of nitrogens with zero attached hydrogens (tertiary/aromatic N) is 1. The fourth-order valence-electron chi connectivity index (χ4n) is 3.07. The summed E-state index contributed by atoms with van der Waals surface area (Å²) in [5.74, 6) is 0. The standard InChI is InChI=1S/C19H13NOS/c21-13-20-17-10-4-2-8-15(17)14-7-1-3-9-16(14)19-12-6-5-11-18(19)22-19/h1-12,18H. The molecule has 0 saturated carbocycles. The molecule has 1 saturated heterocycles. The summed E-state index contributed by atoms with van der Waals surface area (Å²) in [4.78, 5) is 14.6. The molecule has 2 nitrogen and oxygen atoms in total. The van der Waals surface area contributed by atoms with Gasteiger partial charge in [0.25, 0.3) is 0 Å². The average Bonchev–Trinajstić information content (AvgIpc) is 3.32. The Morgan fingerprint density at radius 2 is 1.77 bits per heavy atom. The summed E-state index contributed by atoms with van der Waals surface area (Å²) in [5.41, 5.74) is 4.05. The van der Waals surface area contributed by atoms with E-state index >= 15 is 0 Å². The van der Waals surface area contributed by atoms with Crippen molar-refractivity contribution in [3.8, 4) is 11.1 Å². The van der Waals surface area contributed by atoms with Gasteiger partial charge in [0.2, 0.25) is 6.08 Å². The predicted molar refractivity (Wildman–Crippen MR) is 91.0 cm³/mol. The normalized spacial score (nSPS) is 24.5. The third kappa shape index (κ3) is 1.98. The maximum Gasteiger partial charge on any atom is 0.240 e. The maximum atomic E-state index is 10.7. The zero-order valence-corrected chi connectivity index (χ0v) is 12.6. The molecule has 22 heavy (non-hydrogen) atoms. The third-order valence-corrected chi connectivity index (χ3v) is 5.67. The zero-order chi connectivity index (χ0) is 15.0. The van der Waals surface area contributed by atoms with E-state index in [-0.39, 0.29) is 4.75 Å². The number of isocyanates is 1. The van der Waals surface area contributed by atoms with Crippen molar-refractivity contribution in [1.29, 1.82) is 0 Å². The summed E-state index contributed by atoms with van der Waals surface area (Å²) in [6, 6.07) is 16.1. The molecule has 106 valence electrons. The molecular weight excluding hydrogens is 290 g/mol. The molecule has 0 amide bonds. The molecule has 1 aliphatic carbocycles. The van der Waals surface area contributed by atoms with Crippen molar-refractivity contribution in [3.63, 3.8) is 0 Å². The number of hydrogen-bond donors (Lipinski definition) is 0. The molecule has 2 aromatic rings. The summed E-state index contributed by atoms with van der Waals surface area (Å²) in [7, 11) is 0. The Morgan fingerprint density at radius 3 is 2.59 bits per heavy atom. The van der Waals surface area contributed by atoms with Crippen LogP contribution in [-0.2, 0) is 9.54 Å². The van der Waals surface area contributed by atoms with Gasteiger partial charge < -0.3 is 0 Å². The van der Waals surface area contributed by atoms with E-state index in [1.54, 1.807) is 6.08 Å². The third-order valence-electron chi connectivity index (χ3n) is 4.14. The van der Waals surface area contributed by atoms with Gasteiger partial charge in [-0.05, 0) is 17.2 Å². The molecule has 3 heteroatoms. The Hall–Kier alpha value is -2.35. The van der Waals surface area contributed by atoms with E-state index in [4.69, 9.17) is 0 Å². The molecule has 2 atom stereocenters. The number of para-hydroxylation sites is 1. The summed E-state index contributed by atoms with van der Waals surface area (Å²) in [6.45, 7) is 0. The van der Waals surface area contributed by atoms with Crippen molar-refractivity contribution < 1.29 is 4.79 Å². The van der Waals surface area contributed by atoms with Crippen molar-refractivity contribution >= 4 is 23.5 Å². The highest BCUT2D eigenvalue weighted by atomic mass is 32.2. The fourth-order valence-corrected chi connectivity index (χ4v) is 4.34. The van der Waals surface area contributed by atoms with Gasteiger partial charge in [-0.2, -0.15) is 4.99 Å². The van der Waals surface area contributed by atoms with Crippen LogP contribution >= 0.6 is 11.8 Å². The van der Waals surface area contributed by atoms with Crippen molar-refractivity contribution in [2.24, 2.45) is 4.99 Å². The van der Waals surface area contributed by atoms with Crippen LogP contribution in [0.25, 0.3) is 11.1 Å². The Morgan fingerprint density at radius 1 is 1.00 bits per heavy atom. The lowest BCUT2D eigenvalue weighted by atomic mass is 9.86. The minimum absolute atomic E-state index is 0.0311. The summed E-state index contributed by atoms with van der Waals surface area (Å²) in [6.07, 6.45) is 10.4. The summed E-state index contributed by atoms with van der Waals surface area (Å²) >= 11 is 1.95. The quantitative estimate of drug-likeness (QED) is 0.465. The molecule has 1 aliphatic heterocycles. The number of allylic oxidation sites excluding steroid dienone is 2. The van der Waals surface area contributed by atoms with Gasteiger partial charge in [-0.3, -0.25) is 0 Å². The molecule has 0 bridgehead atoms. The van der Waals surface area contributed by atoms with Crippen LogP contribution in [0.5, 0.6) is 0 Å². The molecule has 1 fully saturated rings. The summed E-state index contributed by atoms with van der Waals surface area (Å²) < 4.78 is 0.0311. The second-order valence-corrected chi connectivity index (χ2v) is 6.76. The zero-order valence-electron chi connectivity index (χ0n) is 11.8. The minimum Gasteiger partial charge on any atom is -0.211 e. The average molecular weight is 303 g/mol. The number of aliphatic imine (C=N–C) groups is 1. The van der Waals surface area contributed by atoms with Gasteiger partial charge in [0.05, 0.1) is 10.4 Å². The lowest BCUT2D eigenvalue weighted by molar-refractivity contribution is 0.565. The van der Waals surface area contributed by atoms with E-state index in [9.17, 15) is 4.79 Å². The molecule has 0 radical (unpaired) electrons. The highest BCUT2D eigenvalue weighted by molar-refractivity contribution is 8.08. The molecular formula is C19H13NOS. The van der Waals surface area contributed by atoms with E-state index in [1.807, 2.05) is 42.1 Å². The number of rotatable bonds is 3. The van der Waals surface area contributed by atoms with E-state index in [1.165, 1.54) is 5.56 Å².